The van der Waals surface area contributed by atoms with Crippen LogP contribution in [0.25, 0.3) is 0 Å². The number of carbonyl (C=O) groups is 1. The number of hydrazine groups is 1. The Morgan fingerprint density at radius 1 is 1.33 bits per heavy atom. The number of nitrogens with zero attached hydrogens (tertiary/aromatic N) is 2. The number of hydrogen-bond acceptors (Lipinski definition) is 5. The molecule has 1 aliphatic heterocycles. The number of aliphatic hydroxyl groups excluding tert-OH is 1. The van der Waals surface area contributed by atoms with E-state index in [0.29, 0.717) is 5.84 Å². The molecule has 78 valence electrons. The van der Waals surface area contributed by atoms with Crippen LogP contribution in [0.3, 0.4) is 0 Å². The van der Waals surface area contributed by atoms with Crippen LogP contribution in [0.2, 0.25) is 0 Å². The van der Waals surface area contributed by atoms with E-state index in [9.17, 15) is 4.79 Å². The summed E-state index contributed by atoms with van der Waals surface area (Å²) >= 11 is 0. The molecule has 2 rings (SSSR count). The van der Waals surface area contributed by atoms with Crippen LogP contribution in [0, 0.1) is 0 Å². The first-order valence-corrected chi connectivity index (χ1v) is 4.46. The second-order valence-corrected chi connectivity index (χ2v) is 3.03. The van der Waals surface area contributed by atoms with E-state index in [1.165, 1.54) is 0 Å². The molecule has 6 nitrogen and oxygen atoms in total. The smallest absolute Gasteiger partial charge is 0.265 e. The van der Waals surface area contributed by atoms with Crippen molar-refractivity contribution in [3.8, 4) is 0 Å². The van der Waals surface area contributed by atoms with Crippen LogP contribution < -0.4 is 10.9 Å². The highest BCUT2D eigenvalue weighted by molar-refractivity contribution is 6.03. The standard InChI is InChI=1S/C9H10N4O2/c14-5-7-9(15)13-12-8(11-7)6-1-3-10-4-2-6/h1-4,7,14H,5H2,(H,11,12)(H,13,15). The largest absolute Gasteiger partial charge is 0.394 e. The zero-order valence-corrected chi connectivity index (χ0v) is 7.84. The summed E-state index contributed by atoms with van der Waals surface area (Å²) in [5.74, 6) is 0.186. The van der Waals surface area contributed by atoms with Crippen LogP contribution in [0.4, 0.5) is 0 Å². The van der Waals surface area contributed by atoms with Gasteiger partial charge in [-0.25, -0.2) is 0 Å². The minimum Gasteiger partial charge on any atom is -0.394 e. The minimum absolute atomic E-state index is 0.303. The van der Waals surface area contributed by atoms with E-state index in [1.54, 1.807) is 24.5 Å². The molecule has 6 heteroatoms. The van der Waals surface area contributed by atoms with Gasteiger partial charge in [0.25, 0.3) is 5.91 Å². The van der Waals surface area contributed by atoms with Gasteiger partial charge in [0, 0.05) is 18.0 Å². The van der Waals surface area contributed by atoms with E-state index < -0.39 is 6.04 Å². The average molecular weight is 206 g/mol. The molecule has 0 aromatic carbocycles. The molecular weight excluding hydrogens is 196 g/mol. The maximum Gasteiger partial charge on any atom is 0.265 e. The topological polar surface area (TPSA) is 86.6 Å². The molecular formula is C9H10N4O2. The number of rotatable bonds is 2. The first-order chi connectivity index (χ1) is 7.31. The summed E-state index contributed by atoms with van der Waals surface area (Å²) in [5.41, 5.74) is 5.90. The normalized spacial score (nSPS) is 20.2. The van der Waals surface area contributed by atoms with Crippen LogP contribution in [-0.4, -0.2) is 34.5 Å². The fourth-order valence-corrected chi connectivity index (χ4v) is 1.23. The number of aromatic nitrogens is 1. The van der Waals surface area contributed by atoms with E-state index in [2.05, 4.69) is 20.8 Å². The van der Waals surface area contributed by atoms with E-state index in [4.69, 9.17) is 5.11 Å². The molecule has 0 saturated heterocycles. The molecule has 15 heavy (non-hydrogen) atoms. The van der Waals surface area contributed by atoms with Crippen LogP contribution >= 0.6 is 0 Å². The number of carbonyl (C=O) groups excluding carboxylic acids is 1. The Balaban J connectivity index is 2.27. The Bertz CT molecular complexity index is 390. The number of pyridine rings is 1. The summed E-state index contributed by atoms with van der Waals surface area (Å²) in [6.45, 7) is -0.303. The summed E-state index contributed by atoms with van der Waals surface area (Å²) in [6.07, 6.45) is 3.26. The summed E-state index contributed by atoms with van der Waals surface area (Å²) in [6, 6.07) is 2.78. The second-order valence-electron chi connectivity index (χ2n) is 3.03. The van der Waals surface area contributed by atoms with Crippen LogP contribution in [0.1, 0.15) is 5.56 Å². The van der Waals surface area contributed by atoms with E-state index >= 15 is 0 Å². The van der Waals surface area contributed by atoms with E-state index in [0.717, 1.165) is 5.56 Å². The lowest BCUT2D eigenvalue weighted by Crippen LogP contribution is -2.52. The van der Waals surface area contributed by atoms with Crippen molar-refractivity contribution in [2.75, 3.05) is 6.61 Å². The second kappa shape index (κ2) is 4.05. The SMILES string of the molecule is O=C1NNC(c2ccncc2)=NC1CO. The van der Waals surface area contributed by atoms with Gasteiger partial charge in [-0.3, -0.25) is 25.6 Å². The van der Waals surface area contributed by atoms with Gasteiger partial charge in [-0.2, -0.15) is 0 Å². The Morgan fingerprint density at radius 3 is 2.73 bits per heavy atom. The monoisotopic (exact) mass is 206 g/mol. The zero-order valence-electron chi connectivity index (χ0n) is 7.84. The molecule has 1 amide bonds. The summed E-state index contributed by atoms with van der Waals surface area (Å²) < 4.78 is 0. The third-order valence-electron chi connectivity index (χ3n) is 2.02. The van der Waals surface area contributed by atoms with Crippen molar-refractivity contribution in [2.45, 2.75) is 6.04 Å². The summed E-state index contributed by atoms with van der Waals surface area (Å²) in [7, 11) is 0. The van der Waals surface area contributed by atoms with Crippen molar-refractivity contribution in [3.63, 3.8) is 0 Å². The van der Waals surface area contributed by atoms with Crippen LogP contribution in [-0.2, 0) is 4.79 Å². The molecule has 0 fully saturated rings. The number of amides is 1. The van der Waals surface area contributed by atoms with E-state index in [1.807, 2.05) is 0 Å². The first-order valence-electron chi connectivity index (χ1n) is 4.46. The van der Waals surface area contributed by atoms with Crippen molar-refractivity contribution >= 4 is 11.7 Å². The maximum atomic E-state index is 11.1. The van der Waals surface area contributed by atoms with Crippen molar-refractivity contribution < 1.29 is 9.90 Å². The fraction of sp³-hybridized carbons (Fsp3) is 0.222. The van der Waals surface area contributed by atoms with E-state index in [-0.39, 0.29) is 12.5 Å². The number of nitrogens with one attached hydrogen (secondary N) is 2. The average Bonchev–Trinajstić information content (AvgIpc) is 2.31. The molecule has 1 unspecified atom stereocenters. The van der Waals surface area contributed by atoms with Gasteiger partial charge in [-0.05, 0) is 12.1 Å². The molecule has 0 aliphatic carbocycles. The quantitative estimate of drug-likeness (QED) is 0.568. The lowest BCUT2D eigenvalue weighted by atomic mass is 10.2. The Labute approximate surface area is 86.0 Å². The highest BCUT2D eigenvalue weighted by Gasteiger charge is 2.22. The van der Waals surface area contributed by atoms with Gasteiger partial charge in [-0.1, -0.05) is 0 Å². The van der Waals surface area contributed by atoms with Crippen molar-refractivity contribution in [3.05, 3.63) is 30.1 Å². The maximum absolute atomic E-state index is 11.1. The number of aliphatic hydroxyl groups is 1. The third-order valence-corrected chi connectivity index (χ3v) is 2.02. The molecule has 1 atom stereocenters. The molecule has 0 spiro atoms. The van der Waals surface area contributed by atoms with Crippen molar-refractivity contribution in [1.82, 2.24) is 15.8 Å². The van der Waals surface area contributed by atoms with Gasteiger partial charge < -0.3 is 5.11 Å². The highest BCUT2D eigenvalue weighted by Crippen LogP contribution is 2.03. The number of aliphatic imine (C=N–C) groups is 1. The molecule has 0 radical (unpaired) electrons. The number of amidine groups is 1. The van der Waals surface area contributed by atoms with Gasteiger partial charge in [0.15, 0.2) is 6.04 Å². The van der Waals surface area contributed by atoms with Gasteiger partial charge in [0.2, 0.25) is 0 Å². The van der Waals surface area contributed by atoms with Gasteiger partial charge >= 0.3 is 0 Å². The molecule has 0 saturated carbocycles. The molecule has 0 bridgehead atoms. The highest BCUT2D eigenvalue weighted by atomic mass is 16.3. The molecule has 1 aromatic rings. The van der Waals surface area contributed by atoms with Crippen molar-refractivity contribution in [1.29, 1.82) is 0 Å². The Hall–Kier alpha value is -1.95. The van der Waals surface area contributed by atoms with Gasteiger partial charge in [-0.15, -0.1) is 0 Å². The zero-order chi connectivity index (χ0) is 10.7. The Morgan fingerprint density at radius 2 is 2.07 bits per heavy atom. The molecule has 1 aromatic heterocycles. The summed E-state index contributed by atoms with van der Waals surface area (Å²) in [4.78, 5) is 19.1. The summed E-state index contributed by atoms with van der Waals surface area (Å²) in [5, 5.41) is 8.92. The fourth-order valence-electron chi connectivity index (χ4n) is 1.23. The molecule has 1 aliphatic rings. The molecule has 3 N–H and O–H groups in total. The van der Waals surface area contributed by atoms with Gasteiger partial charge in [0.05, 0.1) is 6.61 Å². The van der Waals surface area contributed by atoms with Crippen LogP contribution in [0.15, 0.2) is 29.5 Å². The lowest BCUT2D eigenvalue weighted by Gasteiger charge is -2.20. The van der Waals surface area contributed by atoms with Crippen LogP contribution in [0.5, 0.6) is 0 Å². The predicted octanol–water partition coefficient (Wildman–Crippen LogP) is -1.18. The predicted molar refractivity (Wildman–Crippen MR) is 52.9 cm³/mol. The Kier molecular flexibility index (Phi) is 2.59. The number of hydrogen-bond donors (Lipinski definition) is 3. The molecule has 2 heterocycles. The third kappa shape index (κ3) is 1.94. The van der Waals surface area contributed by atoms with Gasteiger partial charge in [0.1, 0.15) is 5.84 Å². The first kappa shape index (κ1) is 9.60. The lowest BCUT2D eigenvalue weighted by molar-refractivity contribution is -0.124. The van der Waals surface area contributed by atoms with Crippen molar-refractivity contribution in [2.24, 2.45) is 4.99 Å². The minimum atomic E-state index is -0.741.